The van der Waals surface area contributed by atoms with Crippen LogP contribution >= 0.6 is 0 Å². The monoisotopic (exact) mass is 366 g/mol. The molecule has 1 fully saturated rings. The molecule has 1 saturated heterocycles. The highest BCUT2D eigenvalue weighted by atomic mass is 16.3. The number of nitrogens with zero attached hydrogens (tertiary/aromatic N) is 5. The number of furan rings is 1. The summed E-state index contributed by atoms with van der Waals surface area (Å²) in [6.45, 7) is 2.52. The molecular weight excluding hydrogens is 344 g/mol. The molecule has 27 heavy (non-hydrogen) atoms. The highest BCUT2D eigenvalue weighted by molar-refractivity contribution is 5.97. The second kappa shape index (κ2) is 8.13. The van der Waals surface area contributed by atoms with E-state index in [2.05, 4.69) is 25.7 Å². The fourth-order valence-electron chi connectivity index (χ4n) is 3.54. The molecule has 0 aliphatic carbocycles. The highest BCUT2D eigenvalue weighted by Gasteiger charge is 2.25. The third-order valence-corrected chi connectivity index (χ3v) is 4.90. The maximum absolute atomic E-state index is 12.9. The number of carbonyl (C=O) groups is 1. The molecule has 8 nitrogen and oxygen atoms in total. The average molecular weight is 366 g/mol. The number of para-hydroxylation sites is 1. The number of piperidine rings is 1. The molecule has 0 spiro atoms. The van der Waals surface area contributed by atoms with Crippen LogP contribution in [0.25, 0.3) is 5.69 Å². The minimum absolute atomic E-state index is 0.0319. The first-order valence-corrected chi connectivity index (χ1v) is 9.21. The summed E-state index contributed by atoms with van der Waals surface area (Å²) >= 11 is 0. The van der Waals surface area contributed by atoms with Gasteiger partial charge in [-0.25, -0.2) is 0 Å². The lowest BCUT2D eigenvalue weighted by Crippen LogP contribution is -2.40. The number of amides is 1. The summed E-state index contributed by atoms with van der Waals surface area (Å²) in [5.74, 6) is 0.723. The highest BCUT2D eigenvalue weighted by Crippen LogP contribution is 2.24. The van der Waals surface area contributed by atoms with E-state index in [-0.39, 0.29) is 11.9 Å². The third-order valence-electron chi connectivity index (χ3n) is 4.90. The molecule has 1 aliphatic rings. The van der Waals surface area contributed by atoms with Crippen LogP contribution in [0.15, 0.2) is 53.4 Å². The van der Waals surface area contributed by atoms with E-state index < -0.39 is 0 Å². The zero-order valence-electron chi connectivity index (χ0n) is 15.0. The van der Waals surface area contributed by atoms with E-state index in [1.54, 1.807) is 12.3 Å². The Kier molecular flexibility index (Phi) is 5.24. The number of carbonyl (C=O) groups excluding carboxylic acids is 1. The van der Waals surface area contributed by atoms with Crippen molar-refractivity contribution in [2.45, 2.75) is 25.3 Å². The minimum atomic E-state index is -0.158. The maximum Gasteiger partial charge on any atom is 0.253 e. The molecule has 1 atom stereocenters. The van der Waals surface area contributed by atoms with Crippen molar-refractivity contribution in [1.29, 1.82) is 0 Å². The quantitative estimate of drug-likeness (QED) is 0.719. The number of hydrogen-bond acceptors (Lipinski definition) is 6. The van der Waals surface area contributed by atoms with Gasteiger partial charge in [-0.05, 0) is 60.6 Å². The Labute approximate surface area is 157 Å². The Hall–Kier alpha value is -3.00. The number of rotatable bonds is 6. The van der Waals surface area contributed by atoms with E-state index in [0.29, 0.717) is 17.8 Å². The van der Waals surface area contributed by atoms with E-state index in [4.69, 9.17) is 4.42 Å². The first-order valence-electron chi connectivity index (χ1n) is 9.21. The smallest absolute Gasteiger partial charge is 0.253 e. The van der Waals surface area contributed by atoms with Gasteiger partial charge in [0.2, 0.25) is 0 Å². The standard InChI is InChI=1S/C19H22N6O2/c26-19(15-7-2-3-8-16(15)25-14-21-22-23-25)20-13-17(18-9-6-12-27-18)24-10-4-1-5-11-24/h2-3,6-9,12,14,17H,1,4-5,10-11,13H2,(H,20,26). The zero-order valence-corrected chi connectivity index (χ0v) is 15.0. The van der Waals surface area contributed by atoms with Crippen molar-refractivity contribution in [3.63, 3.8) is 0 Å². The van der Waals surface area contributed by atoms with E-state index >= 15 is 0 Å². The molecule has 1 amide bonds. The summed E-state index contributed by atoms with van der Waals surface area (Å²) < 4.78 is 7.14. The Bertz CT molecular complexity index is 856. The molecule has 3 aromatic rings. The van der Waals surface area contributed by atoms with Gasteiger partial charge in [0.25, 0.3) is 5.91 Å². The van der Waals surface area contributed by atoms with Gasteiger partial charge in [0.15, 0.2) is 0 Å². The van der Waals surface area contributed by atoms with Crippen molar-refractivity contribution in [3.05, 3.63) is 60.3 Å². The molecule has 0 bridgehead atoms. The molecule has 1 unspecified atom stereocenters. The molecule has 1 aromatic carbocycles. The second-order valence-corrected chi connectivity index (χ2v) is 6.61. The van der Waals surface area contributed by atoms with Crippen molar-refractivity contribution in [2.75, 3.05) is 19.6 Å². The predicted molar refractivity (Wildman–Crippen MR) is 98.4 cm³/mol. The Morgan fingerprint density at radius 2 is 2.00 bits per heavy atom. The summed E-state index contributed by atoms with van der Waals surface area (Å²) in [6.07, 6.45) is 6.76. The van der Waals surface area contributed by atoms with Gasteiger partial charge in [0.05, 0.1) is 23.6 Å². The van der Waals surface area contributed by atoms with Crippen molar-refractivity contribution in [1.82, 2.24) is 30.4 Å². The van der Waals surface area contributed by atoms with Gasteiger partial charge >= 0.3 is 0 Å². The van der Waals surface area contributed by atoms with Crippen LogP contribution in [0.3, 0.4) is 0 Å². The number of nitrogens with one attached hydrogen (secondary N) is 1. The molecule has 0 saturated carbocycles. The Morgan fingerprint density at radius 1 is 1.15 bits per heavy atom. The molecule has 3 heterocycles. The maximum atomic E-state index is 12.9. The summed E-state index contributed by atoms with van der Waals surface area (Å²) in [6, 6.07) is 11.2. The lowest BCUT2D eigenvalue weighted by Gasteiger charge is -2.33. The van der Waals surface area contributed by atoms with Crippen LogP contribution in [0.1, 0.15) is 41.4 Å². The lowest BCUT2D eigenvalue weighted by molar-refractivity contribution is 0.0914. The van der Waals surface area contributed by atoms with Crippen molar-refractivity contribution >= 4 is 5.91 Å². The minimum Gasteiger partial charge on any atom is -0.468 e. The van der Waals surface area contributed by atoms with Gasteiger partial charge in [-0.15, -0.1) is 5.10 Å². The average Bonchev–Trinajstić information content (AvgIpc) is 3.43. The third kappa shape index (κ3) is 3.90. The molecular formula is C19H22N6O2. The van der Waals surface area contributed by atoms with Crippen molar-refractivity contribution in [3.8, 4) is 5.69 Å². The molecule has 2 aromatic heterocycles. The summed E-state index contributed by atoms with van der Waals surface area (Å²) in [7, 11) is 0. The van der Waals surface area contributed by atoms with Crippen LogP contribution < -0.4 is 5.32 Å². The van der Waals surface area contributed by atoms with Gasteiger partial charge in [0, 0.05) is 6.54 Å². The molecule has 1 aliphatic heterocycles. The van der Waals surface area contributed by atoms with Crippen LogP contribution in [0.5, 0.6) is 0 Å². The van der Waals surface area contributed by atoms with E-state index in [0.717, 1.165) is 18.8 Å². The van der Waals surface area contributed by atoms with Gasteiger partial charge in [-0.2, -0.15) is 4.68 Å². The first-order chi connectivity index (χ1) is 13.3. The molecule has 4 rings (SSSR count). The summed E-state index contributed by atoms with van der Waals surface area (Å²) in [5, 5.41) is 14.3. The van der Waals surface area contributed by atoms with Crippen LogP contribution in [0, 0.1) is 0 Å². The topological polar surface area (TPSA) is 89.1 Å². The molecule has 140 valence electrons. The fourth-order valence-corrected chi connectivity index (χ4v) is 3.54. The van der Waals surface area contributed by atoms with E-state index in [9.17, 15) is 4.79 Å². The van der Waals surface area contributed by atoms with Gasteiger partial charge in [0.1, 0.15) is 12.1 Å². The Morgan fingerprint density at radius 3 is 2.74 bits per heavy atom. The van der Waals surface area contributed by atoms with Gasteiger partial charge in [-0.3, -0.25) is 9.69 Å². The molecule has 1 N–H and O–H groups in total. The SMILES string of the molecule is O=C(NCC(c1ccco1)N1CCCCC1)c1ccccc1-n1cnnn1. The number of tetrazole rings is 1. The van der Waals surface area contributed by atoms with Crippen LogP contribution in [-0.4, -0.2) is 50.6 Å². The number of hydrogen-bond donors (Lipinski definition) is 1. The van der Waals surface area contributed by atoms with Crippen LogP contribution in [-0.2, 0) is 0 Å². The van der Waals surface area contributed by atoms with Gasteiger partial charge < -0.3 is 9.73 Å². The summed E-state index contributed by atoms with van der Waals surface area (Å²) in [5.41, 5.74) is 1.18. The van der Waals surface area contributed by atoms with Gasteiger partial charge in [-0.1, -0.05) is 18.6 Å². The number of benzene rings is 1. The van der Waals surface area contributed by atoms with Crippen LogP contribution in [0.4, 0.5) is 0 Å². The molecule has 0 radical (unpaired) electrons. The number of likely N-dealkylation sites (tertiary alicyclic amines) is 1. The second-order valence-electron chi connectivity index (χ2n) is 6.61. The Balaban J connectivity index is 1.51. The van der Waals surface area contributed by atoms with E-state index in [1.165, 1.54) is 30.3 Å². The number of aromatic nitrogens is 4. The lowest BCUT2D eigenvalue weighted by atomic mass is 10.1. The van der Waals surface area contributed by atoms with Crippen molar-refractivity contribution in [2.24, 2.45) is 0 Å². The zero-order chi connectivity index (χ0) is 18.5. The molecule has 8 heteroatoms. The predicted octanol–water partition coefficient (Wildman–Crippen LogP) is 2.21. The first kappa shape index (κ1) is 17.4. The van der Waals surface area contributed by atoms with Crippen LogP contribution in [0.2, 0.25) is 0 Å². The summed E-state index contributed by atoms with van der Waals surface area (Å²) in [4.78, 5) is 15.3. The van der Waals surface area contributed by atoms with E-state index in [1.807, 2.05) is 30.3 Å². The normalized spacial score (nSPS) is 16.1. The van der Waals surface area contributed by atoms with Crippen molar-refractivity contribution < 1.29 is 9.21 Å². The largest absolute Gasteiger partial charge is 0.468 e. The fraction of sp³-hybridized carbons (Fsp3) is 0.368.